The fraction of sp³-hybridized carbons (Fsp3) is 0.0714. The minimum absolute atomic E-state index is 0.227. The largest absolute Gasteiger partial charge is 0.456 e. The molecule has 4 nitrogen and oxygen atoms in total. The van der Waals surface area contributed by atoms with E-state index in [4.69, 9.17) is 14.4 Å². The predicted octanol–water partition coefficient (Wildman–Crippen LogP) is 15.0. The molecule has 1 aromatic heterocycles. The highest BCUT2D eigenvalue weighted by Crippen LogP contribution is 2.54. The maximum absolute atomic E-state index is 6.61. The van der Waals surface area contributed by atoms with Gasteiger partial charge in [-0.25, -0.2) is 9.98 Å². The summed E-state index contributed by atoms with van der Waals surface area (Å²) in [6.07, 6.45) is 0. The highest BCUT2D eigenvalue weighted by Gasteiger charge is 2.38. The lowest BCUT2D eigenvalue weighted by molar-refractivity contribution is 0.660. The normalized spacial score (nSPS) is 13.3. The summed E-state index contributed by atoms with van der Waals surface area (Å²) in [4.78, 5) is 12.7. The summed E-state index contributed by atoms with van der Waals surface area (Å²) in [5.74, 6) is 0.596. The van der Waals surface area contributed by atoms with E-state index in [2.05, 4.69) is 154 Å². The van der Waals surface area contributed by atoms with Crippen LogP contribution in [-0.2, 0) is 5.41 Å². The molecule has 1 aliphatic carbocycles. The number of hydrogen-bond acceptors (Lipinski definition) is 3. The van der Waals surface area contributed by atoms with E-state index in [0.29, 0.717) is 11.5 Å². The molecule has 10 rings (SSSR count). The van der Waals surface area contributed by atoms with Crippen LogP contribution in [0.3, 0.4) is 0 Å². The number of nitrogens with zero attached hydrogens (tertiary/aromatic N) is 3. The summed E-state index contributed by atoms with van der Waals surface area (Å²) in [6.45, 7) is 11.1. The van der Waals surface area contributed by atoms with Gasteiger partial charge in [0.05, 0.1) is 11.4 Å². The van der Waals surface area contributed by atoms with Crippen molar-refractivity contribution >= 4 is 56.2 Å². The van der Waals surface area contributed by atoms with Crippen molar-refractivity contribution in [3.8, 4) is 22.3 Å². The first-order valence-corrected chi connectivity index (χ1v) is 20.4. The third-order valence-corrected chi connectivity index (χ3v) is 11.8. The lowest BCUT2D eigenvalue weighted by atomic mass is 9.81. The van der Waals surface area contributed by atoms with Gasteiger partial charge in [-0.15, -0.1) is 0 Å². The van der Waals surface area contributed by atoms with Gasteiger partial charge in [-0.1, -0.05) is 172 Å². The molecule has 4 heteroatoms. The standard InChI is InChI=1S/C56H43N3O/c1-37(39-19-8-5-9-20-39)57-55(41-23-12-7-13-24-41)58-38(2)45-28-18-32-52-53(45)48-36-44(33-34-51(48)60-52)59(43-26-16-25-42(35-43)40-21-10-6-11-22-40)50-31-17-29-47-46-27-14-15-30-49(46)56(3,4)54(47)50/h5-36H,1H2,2-4H3/b57-55-,58-38+. The van der Waals surface area contributed by atoms with E-state index in [9.17, 15) is 0 Å². The molecule has 0 fully saturated rings. The quantitative estimate of drug-likeness (QED) is 0.114. The Balaban J connectivity index is 1.16. The number of anilines is 3. The van der Waals surface area contributed by atoms with Crippen molar-refractivity contribution in [3.05, 3.63) is 229 Å². The third-order valence-electron chi connectivity index (χ3n) is 11.8. The first-order chi connectivity index (χ1) is 29.3. The van der Waals surface area contributed by atoms with Gasteiger partial charge < -0.3 is 9.32 Å². The highest BCUT2D eigenvalue weighted by atomic mass is 16.3. The van der Waals surface area contributed by atoms with Crippen LogP contribution in [0.2, 0.25) is 0 Å². The fourth-order valence-corrected chi connectivity index (χ4v) is 8.93. The predicted molar refractivity (Wildman–Crippen MR) is 252 cm³/mol. The second kappa shape index (κ2) is 15.0. The number of amidine groups is 1. The molecule has 0 N–H and O–H groups in total. The van der Waals surface area contributed by atoms with Crippen molar-refractivity contribution in [1.29, 1.82) is 0 Å². The van der Waals surface area contributed by atoms with Gasteiger partial charge in [0.25, 0.3) is 0 Å². The third kappa shape index (κ3) is 6.43. The molecule has 1 aliphatic rings. The summed E-state index contributed by atoms with van der Waals surface area (Å²) in [7, 11) is 0. The molecule has 0 bridgehead atoms. The van der Waals surface area contributed by atoms with Crippen molar-refractivity contribution in [2.24, 2.45) is 9.98 Å². The molecule has 0 aliphatic heterocycles. The van der Waals surface area contributed by atoms with Gasteiger partial charge in [0.2, 0.25) is 0 Å². The molecule has 60 heavy (non-hydrogen) atoms. The maximum Gasteiger partial charge on any atom is 0.160 e. The molecule has 0 unspecified atom stereocenters. The van der Waals surface area contributed by atoms with Crippen LogP contribution in [0.4, 0.5) is 17.1 Å². The Kier molecular flexibility index (Phi) is 9.18. The van der Waals surface area contributed by atoms with Gasteiger partial charge in [0.1, 0.15) is 11.2 Å². The van der Waals surface area contributed by atoms with Crippen molar-refractivity contribution in [2.75, 3.05) is 4.90 Å². The van der Waals surface area contributed by atoms with Crippen molar-refractivity contribution in [1.82, 2.24) is 0 Å². The summed E-state index contributed by atoms with van der Waals surface area (Å²) >= 11 is 0. The maximum atomic E-state index is 6.61. The van der Waals surface area contributed by atoms with E-state index in [1.165, 1.54) is 27.8 Å². The second-order valence-electron chi connectivity index (χ2n) is 15.9. The van der Waals surface area contributed by atoms with Crippen molar-refractivity contribution in [3.63, 3.8) is 0 Å². The van der Waals surface area contributed by atoms with Crippen LogP contribution in [0, 0.1) is 0 Å². The minimum Gasteiger partial charge on any atom is -0.456 e. The summed E-state index contributed by atoms with van der Waals surface area (Å²) in [5, 5.41) is 2.02. The van der Waals surface area contributed by atoms with E-state index in [1.807, 2.05) is 72.8 Å². The zero-order valence-electron chi connectivity index (χ0n) is 33.9. The van der Waals surface area contributed by atoms with E-state index in [0.717, 1.165) is 67.0 Å². The Morgan fingerprint density at radius 1 is 0.550 bits per heavy atom. The SMILES string of the molecule is C=C(/N=C(\N=C(/C)c1cccc2oc3ccc(N(c4cccc(-c5ccccc5)c4)c4cccc5c4C(C)(C)c4ccccc4-5)cc3c12)c1ccccc1)c1ccccc1. The van der Waals surface area contributed by atoms with Crippen LogP contribution >= 0.6 is 0 Å². The fourth-order valence-electron chi connectivity index (χ4n) is 8.93. The molecule has 8 aromatic carbocycles. The summed E-state index contributed by atoms with van der Waals surface area (Å²) in [5.41, 5.74) is 16.5. The highest BCUT2D eigenvalue weighted by molar-refractivity contribution is 6.21. The number of furan rings is 1. The molecular formula is C56H43N3O. The number of benzene rings is 8. The second-order valence-corrected chi connectivity index (χ2v) is 15.9. The average molecular weight is 774 g/mol. The number of rotatable bonds is 8. The van der Waals surface area contributed by atoms with Crippen LogP contribution in [-0.4, -0.2) is 11.5 Å². The molecule has 0 atom stereocenters. The van der Waals surface area contributed by atoms with Gasteiger partial charge in [-0.2, -0.15) is 0 Å². The first-order valence-electron chi connectivity index (χ1n) is 20.4. The van der Waals surface area contributed by atoms with Crippen LogP contribution in [0.15, 0.2) is 215 Å². The molecule has 0 radical (unpaired) electrons. The van der Waals surface area contributed by atoms with E-state index >= 15 is 0 Å². The van der Waals surface area contributed by atoms with Crippen molar-refractivity contribution in [2.45, 2.75) is 26.2 Å². The zero-order valence-corrected chi connectivity index (χ0v) is 33.9. The van der Waals surface area contributed by atoms with Crippen LogP contribution < -0.4 is 4.90 Å². The number of hydrogen-bond donors (Lipinski definition) is 0. The molecule has 1 heterocycles. The Bertz CT molecular complexity index is 3140. The first kappa shape index (κ1) is 36.8. The van der Waals surface area contributed by atoms with E-state index in [-0.39, 0.29) is 5.41 Å². The molecule has 9 aromatic rings. The zero-order chi connectivity index (χ0) is 40.8. The van der Waals surface area contributed by atoms with Gasteiger partial charge in [-0.05, 0) is 88.3 Å². The van der Waals surface area contributed by atoms with Crippen LogP contribution in [0.1, 0.15) is 48.6 Å². The summed E-state index contributed by atoms with van der Waals surface area (Å²) < 4.78 is 6.61. The van der Waals surface area contributed by atoms with E-state index < -0.39 is 0 Å². The smallest absolute Gasteiger partial charge is 0.160 e. The Hall–Kier alpha value is -7.56. The molecule has 0 saturated heterocycles. The minimum atomic E-state index is -0.227. The lowest BCUT2D eigenvalue weighted by Gasteiger charge is -2.32. The molecular weight excluding hydrogens is 731 g/mol. The number of fused-ring (bicyclic) bond motifs is 6. The van der Waals surface area contributed by atoms with E-state index in [1.54, 1.807) is 0 Å². The van der Waals surface area contributed by atoms with Gasteiger partial charge >= 0.3 is 0 Å². The van der Waals surface area contributed by atoms with Gasteiger partial charge in [0.15, 0.2) is 5.84 Å². The summed E-state index contributed by atoms with van der Waals surface area (Å²) in [6, 6.07) is 68.0. The molecule has 0 saturated carbocycles. The molecule has 288 valence electrons. The Labute approximate surface area is 351 Å². The van der Waals surface area contributed by atoms with Gasteiger partial charge in [-0.3, -0.25) is 0 Å². The Morgan fingerprint density at radius 2 is 1.18 bits per heavy atom. The average Bonchev–Trinajstić information content (AvgIpc) is 3.79. The molecule has 0 spiro atoms. The van der Waals surface area contributed by atoms with Crippen LogP contribution in [0.5, 0.6) is 0 Å². The topological polar surface area (TPSA) is 41.1 Å². The lowest BCUT2D eigenvalue weighted by Crippen LogP contribution is -2.20. The van der Waals surface area contributed by atoms with Gasteiger partial charge in [0, 0.05) is 44.4 Å². The molecule has 0 amide bonds. The van der Waals surface area contributed by atoms with Crippen molar-refractivity contribution < 1.29 is 4.42 Å². The van der Waals surface area contributed by atoms with Crippen LogP contribution in [0.25, 0.3) is 49.9 Å². The Morgan fingerprint density at radius 3 is 1.97 bits per heavy atom. The number of aliphatic imine (C=N–C) groups is 2. The monoisotopic (exact) mass is 773 g/mol.